The first-order valence-electron chi connectivity index (χ1n) is 12.0. The second-order valence-corrected chi connectivity index (χ2v) is 11.2. The van der Waals surface area contributed by atoms with E-state index in [1.54, 1.807) is 0 Å². The number of piperazine rings is 1. The zero-order valence-electron chi connectivity index (χ0n) is 19.2. The van der Waals surface area contributed by atoms with Crippen molar-refractivity contribution in [3.63, 3.8) is 0 Å². The van der Waals surface area contributed by atoms with Gasteiger partial charge in [0.25, 0.3) is 0 Å². The van der Waals surface area contributed by atoms with Crippen molar-refractivity contribution in [2.24, 2.45) is 16.8 Å². The van der Waals surface area contributed by atoms with Crippen molar-refractivity contribution in [1.29, 1.82) is 0 Å². The molecule has 0 bridgehead atoms. The van der Waals surface area contributed by atoms with Crippen LogP contribution in [0, 0.1) is 5.92 Å². The molecule has 0 spiro atoms. The number of carbonyl (C=O) groups is 2. The van der Waals surface area contributed by atoms with Gasteiger partial charge in [-0.25, -0.2) is 18.0 Å². The van der Waals surface area contributed by atoms with Crippen molar-refractivity contribution in [2.45, 2.75) is 63.8 Å². The zero-order valence-corrected chi connectivity index (χ0v) is 20.0. The molecule has 3 rings (SSSR count). The average Bonchev–Trinajstić information content (AvgIpc) is 2.81. The Labute approximate surface area is 195 Å². The molecular weight excluding hydrogens is 450 g/mol. The van der Waals surface area contributed by atoms with Crippen molar-refractivity contribution >= 4 is 27.9 Å². The summed E-state index contributed by atoms with van der Waals surface area (Å²) >= 11 is 0. The predicted octanol–water partition coefficient (Wildman–Crippen LogP) is 1.25. The van der Waals surface area contributed by atoms with Crippen LogP contribution in [0.3, 0.4) is 0 Å². The fourth-order valence-corrected chi connectivity index (χ4v) is 7.03. The molecule has 0 radical (unpaired) electrons. The third-order valence-corrected chi connectivity index (χ3v) is 8.90. The Bertz CT molecular complexity index is 806. The number of amides is 1. The smallest absolute Gasteiger partial charge is 0.407 e. The van der Waals surface area contributed by atoms with Gasteiger partial charge in [0.05, 0.1) is 18.2 Å². The highest BCUT2D eigenvalue weighted by Gasteiger charge is 2.36. The quantitative estimate of drug-likeness (QED) is 0.225. The van der Waals surface area contributed by atoms with E-state index in [4.69, 9.17) is 15.7 Å². The highest BCUT2D eigenvalue weighted by molar-refractivity contribution is 7.89. The van der Waals surface area contributed by atoms with Gasteiger partial charge in [-0.05, 0) is 31.6 Å². The number of hydrogen-bond donors (Lipinski definition) is 2. The van der Waals surface area contributed by atoms with Crippen LogP contribution in [-0.4, -0.2) is 96.6 Å². The number of nitrogens with two attached hydrogens (primary N) is 1. The number of piperidine rings is 1. The molecule has 1 atom stereocenters. The topological polar surface area (TPSA) is 146 Å². The lowest BCUT2D eigenvalue weighted by Crippen LogP contribution is -2.51. The summed E-state index contributed by atoms with van der Waals surface area (Å²) in [6.45, 7) is 2.77. The number of hydrogen-bond acceptors (Lipinski definition) is 7. The van der Waals surface area contributed by atoms with Gasteiger partial charge in [0.15, 0.2) is 5.84 Å². The SMILES string of the molecule is NC(=NOC(=O)CCN1CCN(C(=O)O)CC1)[C@@H]1CCCCN1S(=O)(=O)CC1CCCCC1. The van der Waals surface area contributed by atoms with Gasteiger partial charge in [-0.15, -0.1) is 0 Å². The lowest BCUT2D eigenvalue weighted by Gasteiger charge is -2.35. The summed E-state index contributed by atoms with van der Waals surface area (Å²) in [7, 11) is -3.47. The van der Waals surface area contributed by atoms with Gasteiger partial charge in [0.1, 0.15) is 0 Å². The second-order valence-electron chi connectivity index (χ2n) is 9.25. The Kier molecular flexibility index (Phi) is 9.33. The molecule has 1 saturated carbocycles. The highest BCUT2D eigenvalue weighted by Crippen LogP contribution is 2.28. The van der Waals surface area contributed by atoms with Crippen LogP contribution in [0.25, 0.3) is 0 Å². The maximum absolute atomic E-state index is 13.1. The molecule has 3 fully saturated rings. The number of sulfonamides is 1. The van der Waals surface area contributed by atoms with Crippen LogP contribution in [-0.2, 0) is 19.7 Å². The standard InChI is InChI=1S/C21H37N5O6S/c22-20(23-32-19(27)9-11-24-12-14-25(15-13-24)21(28)29)18-8-4-5-10-26(18)33(30,31)16-17-6-2-1-3-7-17/h17-18H,1-16H2,(H2,22,23)(H,28,29)/t18-/m0/s1. The molecule has 0 aromatic heterocycles. The summed E-state index contributed by atoms with van der Waals surface area (Å²) in [5.74, 6) is -0.192. The van der Waals surface area contributed by atoms with Crippen molar-refractivity contribution < 1.29 is 28.0 Å². The highest BCUT2D eigenvalue weighted by atomic mass is 32.2. The maximum atomic E-state index is 13.1. The minimum atomic E-state index is -3.47. The molecule has 3 N–H and O–H groups in total. The lowest BCUT2D eigenvalue weighted by atomic mass is 9.91. The van der Waals surface area contributed by atoms with E-state index in [0.717, 1.165) is 38.5 Å². The Hall–Kier alpha value is -1.92. The summed E-state index contributed by atoms with van der Waals surface area (Å²) < 4.78 is 27.7. The third-order valence-electron chi connectivity index (χ3n) is 6.85. The van der Waals surface area contributed by atoms with Crippen LogP contribution in [0.4, 0.5) is 4.79 Å². The van der Waals surface area contributed by atoms with Crippen LogP contribution in [0.2, 0.25) is 0 Å². The normalized spacial score (nSPS) is 24.5. The summed E-state index contributed by atoms with van der Waals surface area (Å²) in [5, 5.41) is 12.8. The van der Waals surface area contributed by atoms with E-state index in [-0.39, 0.29) is 23.9 Å². The summed E-state index contributed by atoms with van der Waals surface area (Å²) in [4.78, 5) is 31.4. The van der Waals surface area contributed by atoms with E-state index < -0.39 is 28.1 Å². The Balaban J connectivity index is 1.49. The van der Waals surface area contributed by atoms with Gasteiger partial charge in [0, 0.05) is 39.3 Å². The van der Waals surface area contributed by atoms with Gasteiger partial charge < -0.3 is 20.6 Å². The predicted molar refractivity (Wildman–Crippen MR) is 123 cm³/mol. The molecule has 2 aliphatic heterocycles. The van der Waals surface area contributed by atoms with Crippen molar-refractivity contribution in [1.82, 2.24) is 14.1 Å². The van der Waals surface area contributed by atoms with E-state index >= 15 is 0 Å². The van der Waals surface area contributed by atoms with Gasteiger partial charge in [-0.2, -0.15) is 4.31 Å². The molecule has 33 heavy (non-hydrogen) atoms. The molecule has 1 amide bonds. The number of nitrogens with zero attached hydrogens (tertiary/aromatic N) is 4. The lowest BCUT2D eigenvalue weighted by molar-refractivity contribution is -0.144. The number of oxime groups is 1. The third kappa shape index (κ3) is 7.54. The fraction of sp³-hybridized carbons (Fsp3) is 0.857. The Morgan fingerprint density at radius 1 is 0.970 bits per heavy atom. The number of amidine groups is 1. The Morgan fingerprint density at radius 3 is 2.30 bits per heavy atom. The van der Waals surface area contributed by atoms with Crippen LogP contribution in [0.15, 0.2) is 5.16 Å². The van der Waals surface area contributed by atoms with E-state index in [1.807, 2.05) is 4.90 Å². The van der Waals surface area contributed by atoms with E-state index in [1.165, 1.54) is 15.6 Å². The molecular formula is C21H37N5O6S. The monoisotopic (exact) mass is 487 g/mol. The first-order chi connectivity index (χ1) is 15.8. The average molecular weight is 488 g/mol. The largest absolute Gasteiger partial charge is 0.465 e. The van der Waals surface area contributed by atoms with E-state index in [2.05, 4.69) is 5.16 Å². The molecule has 2 saturated heterocycles. The minimum absolute atomic E-state index is 0.0188. The molecule has 11 nitrogen and oxygen atoms in total. The van der Waals surface area contributed by atoms with Crippen molar-refractivity contribution in [2.75, 3.05) is 45.0 Å². The van der Waals surface area contributed by atoms with E-state index in [0.29, 0.717) is 45.7 Å². The van der Waals surface area contributed by atoms with Crippen LogP contribution >= 0.6 is 0 Å². The molecule has 0 aromatic rings. The van der Waals surface area contributed by atoms with Crippen LogP contribution < -0.4 is 5.73 Å². The molecule has 1 aliphatic carbocycles. The fourth-order valence-electron chi connectivity index (χ4n) is 4.90. The zero-order chi connectivity index (χ0) is 23.8. The second kappa shape index (κ2) is 12.0. The molecule has 0 aromatic carbocycles. The van der Waals surface area contributed by atoms with E-state index in [9.17, 15) is 18.0 Å². The van der Waals surface area contributed by atoms with Gasteiger partial charge in [0.2, 0.25) is 10.0 Å². The summed E-state index contributed by atoms with van der Waals surface area (Å²) in [5.41, 5.74) is 6.09. The maximum Gasteiger partial charge on any atom is 0.407 e. The van der Waals surface area contributed by atoms with Crippen molar-refractivity contribution in [3.05, 3.63) is 0 Å². The molecule has 3 aliphatic rings. The summed E-state index contributed by atoms with van der Waals surface area (Å²) in [6.07, 6.45) is 6.58. The van der Waals surface area contributed by atoms with Crippen molar-refractivity contribution in [3.8, 4) is 0 Å². The summed E-state index contributed by atoms with van der Waals surface area (Å²) in [6, 6.07) is -0.579. The molecule has 2 heterocycles. The first kappa shape index (κ1) is 25.7. The number of rotatable bonds is 8. The van der Waals surface area contributed by atoms with Crippen LogP contribution in [0.1, 0.15) is 57.8 Å². The minimum Gasteiger partial charge on any atom is -0.465 e. The Morgan fingerprint density at radius 2 is 1.64 bits per heavy atom. The number of carboxylic acid groups (broad SMARTS) is 1. The van der Waals surface area contributed by atoms with Gasteiger partial charge >= 0.3 is 12.1 Å². The number of carbonyl (C=O) groups excluding carboxylic acids is 1. The molecule has 0 unspecified atom stereocenters. The van der Waals surface area contributed by atoms with Gasteiger partial charge in [-0.3, -0.25) is 4.90 Å². The molecule has 12 heteroatoms. The van der Waals surface area contributed by atoms with Gasteiger partial charge in [-0.1, -0.05) is 30.8 Å². The molecule has 188 valence electrons. The first-order valence-corrected chi connectivity index (χ1v) is 13.6. The van der Waals surface area contributed by atoms with Crippen LogP contribution in [0.5, 0.6) is 0 Å².